The van der Waals surface area contributed by atoms with E-state index in [-0.39, 0.29) is 6.17 Å². The maximum absolute atomic E-state index is 6.35. The Bertz CT molecular complexity index is 880. The van der Waals surface area contributed by atoms with Crippen LogP contribution >= 0.6 is 11.6 Å². The van der Waals surface area contributed by atoms with Crippen molar-refractivity contribution < 1.29 is 0 Å². The zero-order valence-corrected chi connectivity index (χ0v) is 15.5. The molecule has 0 bridgehead atoms. The van der Waals surface area contributed by atoms with Crippen molar-refractivity contribution in [3.63, 3.8) is 0 Å². The first-order valence-corrected chi connectivity index (χ1v) is 8.63. The minimum atomic E-state index is -0.218. The van der Waals surface area contributed by atoms with Crippen LogP contribution in [-0.4, -0.2) is 5.84 Å². The Balaban J connectivity index is 1.91. The number of nitrogens with one attached hydrogen (secondary N) is 2. The highest BCUT2D eigenvalue weighted by Crippen LogP contribution is 2.28. The lowest BCUT2D eigenvalue weighted by Crippen LogP contribution is -2.33. The molecule has 0 spiro atoms. The zero-order valence-electron chi connectivity index (χ0n) is 14.7. The fraction of sp³-hybridized carbons (Fsp3) is 0.190. The Morgan fingerprint density at radius 3 is 2.48 bits per heavy atom. The monoisotopic (exact) mass is 351 g/mol. The van der Waals surface area contributed by atoms with Crippen molar-refractivity contribution >= 4 is 23.1 Å². The predicted octanol–water partition coefficient (Wildman–Crippen LogP) is 5.20. The third-order valence-corrected chi connectivity index (χ3v) is 4.81. The van der Waals surface area contributed by atoms with Crippen LogP contribution in [0.4, 0.5) is 0 Å². The third kappa shape index (κ3) is 3.62. The van der Waals surface area contributed by atoms with Gasteiger partial charge in [0.1, 0.15) is 12.0 Å². The van der Waals surface area contributed by atoms with Crippen molar-refractivity contribution in [2.45, 2.75) is 26.9 Å². The van der Waals surface area contributed by atoms with Crippen LogP contribution in [0.3, 0.4) is 0 Å². The van der Waals surface area contributed by atoms with Crippen LogP contribution in [0.1, 0.15) is 36.7 Å². The Labute approximate surface area is 154 Å². The number of allylic oxidation sites excluding steroid dienone is 1. The van der Waals surface area contributed by atoms with Crippen LogP contribution in [0.25, 0.3) is 5.70 Å². The molecule has 0 saturated heterocycles. The maximum Gasteiger partial charge on any atom is 0.148 e. The van der Waals surface area contributed by atoms with E-state index in [0.717, 1.165) is 33.9 Å². The van der Waals surface area contributed by atoms with Crippen molar-refractivity contribution in [3.8, 4) is 0 Å². The molecule has 128 valence electrons. The molecule has 3 nitrogen and oxygen atoms in total. The first kappa shape index (κ1) is 17.3. The largest absolute Gasteiger partial charge is 0.363 e. The molecule has 1 aliphatic heterocycles. The van der Waals surface area contributed by atoms with E-state index >= 15 is 0 Å². The van der Waals surface area contributed by atoms with Gasteiger partial charge in [0.2, 0.25) is 0 Å². The molecule has 0 aromatic heterocycles. The van der Waals surface area contributed by atoms with Gasteiger partial charge >= 0.3 is 0 Å². The Hall–Kier alpha value is -2.52. The second kappa shape index (κ2) is 7.16. The van der Waals surface area contributed by atoms with E-state index in [4.69, 9.17) is 16.6 Å². The summed E-state index contributed by atoms with van der Waals surface area (Å²) in [6.45, 7) is 10.4. The fourth-order valence-corrected chi connectivity index (χ4v) is 3.08. The van der Waals surface area contributed by atoms with Crippen LogP contribution in [0.5, 0.6) is 0 Å². The molecule has 1 aliphatic rings. The van der Waals surface area contributed by atoms with E-state index in [2.05, 4.69) is 36.3 Å². The van der Waals surface area contributed by atoms with Gasteiger partial charge in [0, 0.05) is 33.1 Å². The summed E-state index contributed by atoms with van der Waals surface area (Å²) >= 11 is 6.35. The van der Waals surface area contributed by atoms with Crippen molar-refractivity contribution in [2.24, 2.45) is 4.99 Å². The number of hydrogen-bond acceptors (Lipinski definition) is 3. The molecule has 4 heteroatoms. The lowest BCUT2D eigenvalue weighted by Gasteiger charge is -2.27. The molecule has 3 rings (SSSR count). The van der Waals surface area contributed by atoms with E-state index in [9.17, 15) is 0 Å². The minimum Gasteiger partial charge on any atom is -0.363 e. The molecule has 1 heterocycles. The summed E-state index contributed by atoms with van der Waals surface area (Å²) in [5.74, 6) is 0.814. The summed E-state index contributed by atoms with van der Waals surface area (Å²) in [5.41, 5.74) is 6.19. The third-order valence-electron chi connectivity index (χ3n) is 4.47. The quantitative estimate of drug-likeness (QED) is 0.797. The second-order valence-corrected chi connectivity index (χ2v) is 6.62. The summed E-state index contributed by atoms with van der Waals surface area (Å²) < 4.78 is 0. The highest BCUT2D eigenvalue weighted by atomic mass is 35.5. The summed E-state index contributed by atoms with van der Waals surface area (Å²) in [4.78, 5) is 4.83. The number of nitrogens with zero attached hydrogens (tertiary/aromatic N) is 1. The van der Waals surface area contributed by atoms with Gasteiger partial charge in [-0.3, -0.25) is 0 Å². The highest BCUT2D eigenvalue weighted by molar-refractivity contribution is 6.31. The van der Waals surface area contributed by atoms with Gasteiger partial charge in [0.15, 0.2) is 0 Å². The van der Waals surface area contributed by atoms with Crippen molar-refractivity contribution in [1.82, 2.24) is 10.6 Å². The normalized spacial score (nSPS) is 17.0. The number of rotatable bonds is 3. The number of hydrogen-bond donors (Lipinski definition) is 2. The smallest absolute Gasteiger partial charge is 0.148 e. The van der Waals surface area contributed by atoms with E-state index in [1.165, 1.54) is 5.56 Å². The topological polar surface area (TPSA) is 36.4 Å². The molecular weight excluding hydrogens is 330 g/mol. The zero-order chi connectivity index (χ0) is 18.0. The Morgan fingerprint density at radius 2 is 1.76 bits per heavy atom. The standard InChI is InChI=1S/C21H22ClN3/c1-13-9-5-6-10-17(13)16(4)24-20-14(2)15(3)23-21(25-20)18-11-7-8-12-19(18)22/h5-12,21,23H,4H2,1-3H3,(H,24,25). The van der Waals surface area contributed by atoms with Crippen LogP contribution < -0.4 is 10.6 Å². The molecule has 1 atom stereocenters. The van der Waals surface area contributed by atoms with E-state index in [1.54, 1.807) is 0 Å². The molecule has 1 unspecified atom stereocenters. The van der Waals surface area contributed by atoms with Gasteiger partial charge in [-0.2, -0.15) is 0 Å². The van der Waals surface area contributed by atoms with Gasteiger partial charge in [-0.05, 0) is 32.4 Å². The fourth-order valence-electron chi connectivity index (χ4n) is 2.84. The summed E-state index contributed by atoms with van der Waals surface area (Å²) in [7, 11) is 0. The number of halogens is 1. The number of aryl methyl sites for hydroxylation is 1. The lowest BCUT2D eigenvalue weighted by molar-refractivity contribution is 0.610. The molecule has 0 aliphatic carbocycles. The second-order valence-electron chi connectivity index (χ2n) is 6.21. The number of benzene rings is 2. The van der Waals surface area contributed by atoms with Gasteiger partial charge in [-0.15, -0.1) is 0 Å². The van der Waals surface area contributed by atoms with Crippen molar-refractivity contribution in [1.29, 1.82) is 0 Å². The van der Waals surface area contributed by atoms with Gasteiger partial charge in [-0.25, -0.2) is 4.99 Å². The molecule has 2 N–H and O–H groups in total. The lowest BCUT2D eigenvalue weighted by atomic mass is 10.1. The first-order valence-electron chi connectivity index (χ1n) is 8.26. The molecular formula is C21H22ClN3. The van der Waals surface area contributed by atoms with Crippen LogP contribution in [0.2, 0.25) is 5.02 Å². The molecule has 0 amide bonds. The van der Waals surface area contributed by atoms with E-state index < -0.39 is 0 Å². The molecule has 0 radical (unpaired) electrons. The van der Waals surface area contributed by atoms with Crippen molar-refractivity contribution in [3.05, 3.63) is 88.1 Å². The molecule has 2 aromatic rings. The molecule has 0 saturated carbocycles. The van der Waals surface area contributed by atoms with Crippen LogP contribution in [-0.2, 0) is 0 Å². The molecule has 0 fully saturated rings. The van der Waals surface area contributed by atoms with Crippen molar-refractivity contribution in [2.75, 3.05) is 0 Å². The summed E-state index contributed by atoms with van der Waals surface area (Å²) in [6, 6.07) is 15.9. The average molecular weight is 352 g/mol. The maximum atomic E-state index is 6.35. The van der Waals surface area contributed by atoms with Crippen LogP contribution in [0, 0.1) is 6.92 Å². The first-order chi connectivity index (χ1) is 12.0. The SMILES string of the molecule is C=C(NC1=NC(c2ccccc2Cl)NC(C)=C1C)c1ccccc1C. The van der Waals surface area contributed by atoms with Gasteiger partial charge in [0.05, 0.1) is 0 Å². The minimum absolute atomic E-state index is 0.218. The predicted molar refractivity (Wildman–Crippen MR) is 106 cm³/mol. The number of amidine groups is 1. The highest BCUT2D eigenvalue weighted by Gasteiger charge is 2.21. The molecule has 2 aromatic carbocycles. The van der Waals surface area contributed by atoms with E-state index in [0.29, 0.717) is 5.02 Å². The van der Waals surface area contributed by atoms with Crippen LogP contribution in [0.15, 0.2) is 71.4 Å². The summed E-state index contributed by atoms with van der Waals surface area (Å²) in [6.07, 6.45) is -0.218. The van der Waals surface area contributed by atoms with E-state index in [1.807, 2.05) is 50.2 Å². The average Bonchev–Trinajstić information content (AvgIpc) is 2.59. The van der Waals surface area contributed by atoms with Gasteiger partial charge < -0.3 is 10.6 Å². The van der Waals surface area contributed by atoms with Gasteiger partial charge in [0.25, 0.3) is 0 Å². The summed E-state index contributed by atoms with van der Waals surface area (Å²) in [5, 5.41) is 7.51. The number of aliphatic imine (C=N–C) groups is 1. The molecule has 25 heavy (non-hydrogen) atoms. The Morgan fingerprint density at radius 1 is 1.08 bits per heavy atom. The van der Waals surface area contributed by atoms with Gasteiger partial charge in [-0.1, -0.05) is 60.6 Å². The Kier molecular flexibility index (Phi) is 4.95.